The smallest absolute Gasteiger partial charge is 0.0177 e. The molecule has 1 aromatic carbocycles. The number of allylic oxidation sites excluding steroid dienone is 2. The third-order valence-electron chi connectivity index (χ3n) is 2.17. The lowest BCUT2D eigenvalue weighted by molar-refractivity contribution is 1.38. The van der Waals surface area contributed by atoms with Gasteiger partial charge in [0.05, 0.1) is 0 Å². The van der Waals surface area contributed by atoms with Crippen molar-refractivity contribution in [3.05, 3.63) is 52.4 Å². The van der Waals surface area contributed by atoms with E-state index in [-0.39, 0.29) is 0 Å². The molecular weight excluding hydrogens is 200 g/mol. The first kappa shape index (κ1) is 12.1. The van der Waals surface area contributed by atoms with Gasteiger partial charge in [-0.3, -0.25) is 0 Å². The number of hydrogen-bond acceptors (Lipinski definition) is 1. The molecule has 0 aliphatic rings. The standard InChI is InChI=1S/C14H18S/c1-5-10-15-14(11(2)3)13-9-7-6-8-12(13)4/h5-10H,1-4H3/b10-5+. The van der Waals surface area contributed by atoms with Crippen LogP contribution in [0.1, 0.15) is 31.9 Å². The Hall–Kier alpha value is -0.950. The van der Waals surface area contributed by atoms with Crippen LogP contribution < -0.4 is 0 Å². The predicted octanol–water partition coefficient (Wildman–Crippen LogP) is 5.01. The molecule has 0 nitrogen and oxygen atoms in total. The first-order valence-corrected chi connectivity index (χ1v) is 6.06. The predicted molar refractivity (Wildman–Crippen MR) is 71.9 cm³/mol. The van der Waals surface area contributed by atoms with Crippen molar-refractivity contribution in [3.63, 3.8) is 0 Å². The maximum Gasteiger partial charge on any atom is 0.0177 e. The van der Waals surface area contributed by atoms with Crippen LogP contribution in [0.2, 0.25) is 0 Å². The van der Waals surface area contributed by atoms with Crippen LogP contribution in [0.3, 0.4) is 0 Å². The molecule has 1 aromatic rings. The zero-order valence-electron chi connectivity index (χ0n) is 9.87. The van der Waals surface area contributed by atoms with Gasteiger partial charge in [0, 0.05) is 4.91 Å². The fourth-order valence-electron chi connectivity index (χ4n) is 1.41. The van der Waals surface area contributed by atoms with Crippen LogP contribution in [0.4, 0.5) is 0 Å². The molecule has 0 aliphatic carbocycles. The molecule has 0 radical (unpaired) electrons. The monoisotopic (exact) mass is 218 g/mol. The Morgan fingerprint density at radius 2 is 1.87 bits per heavy atom. The van der Waals surface area contributed by atoms with Crippen molar-refractivity contribution in [1.29, 1.82) is 0 Å². The summed E-state index contributed by atoms with van der Waals surface area (Å²) in [5, 5.41) is 2.13. The summed E-state index contributed by atoms with van der Waals surface area (Å²) in [5.41, 5.74) is 4.05. The van der Waals surface area contributed by atoms with Gasteiger partial charge in [0.2, 0.25) is 0 Å². The Bertz CT molecular complexity index is 382. The molecule has 0 heterocycles. The molecule has 0 N–H and O–H groups in total. The van der Waals surface area contributed by atoms with Gasteiger partial charge in [-0.1, -0.05) is 47.7 Å². The van der Waals surface area contributed by atoms with Crippen molar-refractivity contribution in [1.82, 2.24) is 0 Å². The van der Waals surface area contributed by atoms with Gasteiger partial charge < -0.3 is 0 Å². The fraction of sp³-hybridized carbons (Fsp3) is 0.286. The summed E-state index contributed by atoms with van der Waals surface area (Å²) in [7, 11) is 0. The summed E-state index contributed by atoms with van der Waals surface area (Å²) in [4.78, 5) is 1.37. The quantitative estimate of drug-likeness (QED) is 0.687. The van der Waals surface area contributed by atoms with Crippen molar-refractivity contribution in [3.8, 4) is 0 Å². The lowest BCUT2D eigenvalue weighted by atomic mass is 10.1. The van der Waals surface area contributed by atoms with E-state index in [0.29, 0.717) is 0 Å². The maximum atomic E-state index is 2.19. The van der Waals surface area contributed by atoms with Crippen LogP contribution in [-0.4, -0.2) is 0 Å². The molecule has 0 saturated heterocycles. The molecule has 0 unspecified atom stereocenters. The molecule has 0 aliphatic heterocycles. The van der Waals surface area contributed by atoms with Crippen molar-refractivity contribution in [2.75, 3.05) is 0 Å². The van der Waals surface area contributed by atoms with Crippen LogP contribution in [0.25, 0.3) is 4.91 Å². The zero-order chi connectivity index (χ0) is 11.3. The summed E-state index contributed by atoms with van der Waals surface area (Å²) >= 11 is 1.80. The van der Waals surface area contributed by atoms with Crippen LogP contribution in [0.5, 0.6) is 0 Å². The molecule has 15 heavy (non-hydrogen) atoms. The Morgan fingerprint density at radius 3 is 2.40 bits per heavy atom. The molecule has 0 amide bonds. The Kier molecular flexibility index (Phi) is 4.70. The van der Waals surface area contributed by atoms with Gasteiger partial charge in [0.25, 0.3) is 0 Å². The molecule has 0 aromatic heterocycles. The first-order valence-electron chi connectivity index (χ1n) is 5.18. The van der Waals surface area contributed by atoms with E-state index in [0.717, 1.165) is 0 Å². The molecule has 0 bridgehead atoms. The summed E-state index contributed by atoms with van der Waals surface area (Å²) in [6.45, 7) is 8.54. The van der Waals surface area contributed by atoms with Crippen molar-refractivity contribution in [2.24, 2.45) is 0 Å². The first-order chi connectivity index (χ1) is 7.16. The van der Waals surface area contributed by atoms with E-state index in [4.69, 9.17) is 0 Å². The van der Waals surface area contributed by atoms with Gasteiger partial charge >= 0.3 is 0 Å². The van der Waals surface area contributed by atoms with Crippen molar-refractivity contribution in [2.45, 2.75) is 27.7 Å². The van der Waals surface area contributed by atoms with E-state index < -0.39 is 0 Å². The van der Waals surface area contributed by atoms with Crippen LogP contribution in [-0.2, 0) is 0 Å². The number of thioether (sulfide) groups is 1. The molecule has 1 heteroatoms. The second-order valence-corrected chi connectivity index (χ2v) is 4.65. The highest BCUT2D eigenvalue weighted by Crippen LogP contribution is 2.33. The van der Waals surface area contributed by atoms with Gasteiger partial charge in [-0.05, 0) is 44.2 Å². The van der Waals surface area contributed by atoms with Gasteiger partial charge in [-0.15, -0.1) is 0 Å². The lowest BCUT2D eigenvalue weighted by Gasteiger charge is -2.10. The normalized spacial score (nSPS) is 10.7. The van der Waals surface area contributed by atoms with E-state index in [9.17, 15) is 0 Å². The highest BCUT2D eigenvalue weighted by molar-refractivity contribution is 8.10. The molecular formula is C14H18S. The third kappa shape index (κ3) is 3.28. The Labute approximate surface area is 97.1 Å². The highest BCUT2D eigenvalue weighted by Gasteiger charge is 2.05. The van der Waals surface area contributed by atoms with Gasteiger partial charge in [-0.25, -0.2) is 0 Å². The number of benzene rings is 1. The number of aryl methyl sites for hydroxylation is 1. The van der Waals surface area contributed by atoms with E-state index in [2.05, 4.69) is 56.5 Å². The van der Waals surface area contributed by atoms with Crippen molar-refractivity contribution < 1.29 is 0 Å². The van der Waals surface area contributed by atoms with E-state index >= 15 is 0 Å². The summed E-state index contributed by atoms with van der Waals surface area (Å²) in [6, 6.07) is 8.53. The number of rotatable bonds is 3. The molecule has 80 valence electrons. The average molecular weight is 218 g/mol. The van der Waals surface area contributed by atoms with Crippen LogP contribution >= 0.6 is 11.8 Å². The molecule has 0 fully saturated rings. The fourth-order valence-corrected chi connectivity index (χ4v) is 2.28. The van der Waals surface area contributed by atoms with Gasteiger partial charge in [-0.2, -0.15) is 0 Å². The molecule has 0 spiro atoms. The summed E-state index contributed by atoms with van der Waals surface area (Å²) in [5.74, 6) is 0. The number of hydrogen-bond donors (Lipinski definition) is 0. The van der Waals surface area contributed by atoms with Gasteiger partial charge in [0.1, 0.15) is 0 Å². The van der Waals surface area contributed by atoms with Crippen LogP contribution in [0, 0.1) is 6.92 Å². The topological polar surface area (TPSA) is 0 Å². The summed E-state index contributed by atoms with van der Waals surface area (Å²) in [6.07, 6.45) is 2.08. The molecule has 0 saturated carbocycles. The SMILES string of the molecule is C/C=C/SC(=C(C)C)c1ccccc1C. The van der Waals surface area contributed by atoms with Gasteiger partial charge in [0.15, 0.2) is 0 Å². The Morgan fingerprint density at radius 1 is 1.20 bits per heavy atom. The highest BCUT2D eigenvalue weighted by atomic mass is 32.2. The minimum atomic E-state index is 1.34. The van der Waals surface area contributed by atoms with Crippen molar-refractivity contribution >= 4 is 16.7 Å². The van der Waals surface area contributed by atoms with E-state index in [1.807, 2.05) is 6.92 Å². The average Bonchev–Trinajstić information content (AvgIpc) is 2.20. The van der Waals surface area contributed by atoms with E-state index in [1.54, 1.807) is 11.8 Å². The maximum absolute atomic E-state index is 2.19. The van der Waals surface area contributed by atoms with E-state index in [1.165, 1.54) is 21.6 Å². The van der Waals surface area contributed by atoms with Crippen LogP contribution in [0.15, 0.2) is 41.3 Å². The third-order valence-corrected chi connectivity index (χ3v) is 3.44. The lowest BCUT2D eigenvalue weighted by Crippen LogP contribution is -1.86. The largest absolute Gasteiger partial charge is 0.0979 e. The minimum Gasteiger partial charge on any atom is -0.0979 e. The Balaban J connectivity index is 3.12. The molecule has 0 atom stereocenters. The summed E-state index contributed by atoms with van der Waals surface area (Å²) < 4.78 is 0. The zero-order valence-corrected chi connectivity index (χ0v) is 10.7. The minimum absolute atomic E-state index is 1.34. The second-order valence-electron chi connectivity index (χ2n) is 3.73. The molecule has 1 rings (SSSR count). The second kappa shape index (κ2) is 5.82.